The molecular weight excluding hydrogens is 348 g/mol. The molecule has 2 N–H and O–H groups in total. The number of rotatable bonds is 10. The van der Waals surface area contributed by atoms with E-state index in [-0.39, 0.29) is 0 Å². The fourth-order valence-electron chi connectivity index (χ4n) is 2.85. The van der Waals surface area contributed by atoms with Crippen LogP contribution < -0.4 is 10.6 Å². The molecule has 0 spiro atoms. The fourth-order valence-corrected chi connectivity index (χ4v) is 2.85. The molecule has 3 aromatic rings. The summed E-state index contributed by atoms with van der Waals surface area (Å²) in [4.78, 5) is 15.6. The summed E-state index contributed by atoms with van der Waals surface area (Å²) >= 11 is 0. The maximum Gasteiger partial charge on any atom is 0.225 e. The first-order valence-corrected chi connectivity index (χ1v) is 9.66. The Bertz CT molecular complexity index is 836. The predicted octanol–water partition coefficient (Wildman–Crippen LogP) is 3.56. The fraction of sp³-hybridized carbons (Fsp3) is 0.318. The lowest BCUT2D eigenvalue weighted by Gasteiger charge is -2.13. The molecule has 0 saturated carbocycles. The smallest absolute Gasteiger partial charge is 0.225 e. The van der Waals surface area contributed by atoms with Crippen molar-refractivity contribution in [2.24, 2.45) is 0 Å². The Morgan fingerprint density at radius 1 is 0.893 bits per heavy atom. The van der Waals surface area contributed by atoms with Gasteiger partial charge < -0.3 is 15.5 Å². The highest BCUT2D eigenvalue weighted by Gasteiger charge is 2.07. The zero-order valence-corrected chi connectivity index (χ0v) is 16.6. The van der Waals surface area contributed by atoms with Gasteiger partial charge in [0.25, 0.3) is 0 Å². The molecular formula is C22H28N6. The van der Waals surface area contributed by atoms with E-state index in [1.807, 2.05) is 48.8 Å². The molecule has 6 nitrogen and oxygen atoms in total. The Balaban J connectivity index is 1.69. The van der Waals surface area contributed by atoms with Crippen LogP contribution >= 0.6 is 0 Å². The molecule has 0 aliphatic carbocycles. The molecule has 3 rings (SSSR count). The van der Waals surface area contributed by atoms with Crippen LogP contribution in [0.15, 0.2) is 60.9 Å². The molecule has 28 heavy (non-hydrogen) atoms. The van der Waals surface area contributed by atoms with Gasteiger partial charge >= 0.3 is 0 Å². The number of aromatic nitrogens is 3. The Kier molecular flexibility index (Phi) is 7.32. The summed E-state index contributed by atoms with van der Waals surface area (Å²) in [6, 6.07) is 16.3. The van der Waals surface area contributed by atoms with Crippen molar-refractivity contribution in [3.05, 3.63) is 66.5 Å². The van der Waals surface area contributed by atoms with E-state index in [0.717, 1.165) is 49.6 Å². The maximum atomic E-state index is 4.70. The van der Waals surface area contributed by atoms with Gasteiger partial charge in [0, 0.05) is 37.1 Å². The van der Waals surface area contributed by atoms with E-state index in [4.69, 9.17) is 4.98 Å². The van der Waals surface area contributed by atoms with Crippen molar-refractivity contribution in [3.8, 4) is 11.3 Å². The van der Waals surface area contributed by atoms with Crippen molar-refractivity contribution in [1.82, 2.24) is 19.9 Å². The largest absolute Gasteiger partial charge is 0.370 e. The maximum absolute atomic E-state index is 4.70. The van der Waals surface area contributed by atoms with Crippen LogP contribution in [0.2, 0.25) is 0 Å². The number of nitrogens with one attached hydrogen (secondary N) is 2. The van der Waals surface area contributed by atoms with Crippen molar-refractivity contribution >= 4 is 11.8 Å². The highest BCUT2D eigenvalue weighted by Crippen LogP contribution is 2.21. The molecule has 2 heterocycles. The van der Waals surface area contributed by atoms with Crippen LogP contribution in [0, 0.1) is 0 Å². The summed E-state index contributed by atoms with van der Waals surface area (Å²) in [6.07, 6.45) is 5.60. The Morgan fingerprint density at radius 2 is 1.68 bits per heavy atom. The quantitative estimate of drug-likeness (QED) is 0.528. The molecule has 146 valence electrons. The lowest BCUT2D eigenvalue weighted by Crippen LogP contribution is -2.17. The van der Waals surface area contributed by atoms with E-state index in [9.17, 15) is 0 Å². The topological polar surface area (TPSA) is 66.0 Å². The average Bonchev–Trinajstić information content (AvgIpc) is 2.72. The van der Waals surface area contributed by atoms with Crippen LogP contribution in [-0.4, -0.2) is 53.6 Å². The van der Waals surface area contributed by atoms with Crippen molar-refractivity contribution in [1.29, 1.82) is 0 Å². The van der Waals surface area contributed by atoms with Gasteiger partial charge in [-0.1, -0.05) is 30.3 Å². The third-order valence-corrected chi connectivity index (χ3v) is 4.33. The second-order valence-corrected chi connectivity index (χ2v) is 6.94. The summed E-state index contributed by atoms with van der Waals surface area (Å²) in [5, 5.41) is 6.79. The first-order chi connectivity index (χ1) is 13.7. The summed E-state index contributed by atoms with van der Waals surface area (Å²) in [5.74, 6) is 1.49. The standard InChI is InChI=1S/C22H28N6/c1-28(2)16-6-12-25-22-26-20(19-7-4-3-5-8-19)17-21(27-22)24-15-11-18-9-13-23-14-10-18/h3-5,7-10,13-14,17H,6,11-12,15-16H2,1-2H3,(H2,24,25,26,27). The van der Waals surface area contributed by atoms with Gasteiger partial charge in [0.1, 0.15) is 5.82 Å². The van der Waals surface area contributed by atoms with E-state index in [0.29, 0.717) is 5.95 Å². The minimum Gasteiger partial charge on any atom is -0.370 e. The Morgan fingerprint density at radius 3 is 2.43 bits per heavy atom. The van der Waals surface area contributed by atoms with Crippen LogP contribution in [0.3, 0.4) is 0 Å². The zero-order valence-electron chi connectivity index (χ0n) is 16.6. The molecule has 1 aromatic carbocycles. The van der Waals surface area contributed by atoms with Gasteiger partial charge in [0.05, 0.1) is 5.69 Å². The van der Waals surface area contributed by atoms with Gasteiger partial charge in [-0.25, -0.2) is 4.98 Å². The third kappa shape index (κ3) is 6.32. The first kappa shape index (κ1) is 19.8. The average molecular weight is 377 g/mol. The molecule has 0 fully saturated rings. The Hall–Kier alpha value is -2.99. The molecule has 0 saturated heterocycles. The van der Waals surface area contributed by atoms with E-state index in [1.165, 1.54) is 5.56 Å². The highest BCUT2D eigenvalue weighted by molar-refractivity contribution is 5.64. The Labute approximate surface area is 167 Å². The van der Waals surface area contributed by atoms with Gasteiger partial charge in [0.2, 0.25) is 5.95 Å². The van der Waals surface area contributed by atoms with Gasteiger partial charge in [-0.3, -0.25) is 4.98 Å². The van der Waals surface area contributed by atoms with E-state index >= 15 is 0 Å². The minimum absolute atomic E-state index is 0.659. The molecule has 0 amide bonds. The SMILES string of the molecule is CN(C)CCCNc1nc(NCCc2ccncc2)cc(-c2ccccc2)n1. The second-order valence-electron chi connectivity index (χ2n) is 6.94. The number of hydrogen-bond donors (Lipinski definition) is 2. The van der Waals surface area contributed by atoms with E-state index in [2.05, 4.69) is 51.7 Å². The molecule has 2 aromatic heterocycles. The number of nitrogens with zero attached hydrogens (tertiary/aromatic N) is 4. The van der Waals surface area contributed by atoms with Crippen molar-refractivity contribution in [2.75, 3.05) is 44.4 Å². The van der Waals surface area contributed by atoms with Gasteiger partial charge in [-0.05, 0) is 51.2 Å². The monoisotopic (exact) mass is 376 g/mol. The summed E-state index contributed by atoms with van der Waals surface area (Å²) in [7, 11) is 4.16. The zero-order chi connectivity index (χ0) is 19.6. The number of anilines is 2. The van der Waals surface area contributed by atoms with Crippen LogP contribution in [0.4, 0.5) is 11.8 Å². The molecule has 0 radical (unpaired) electrons. The molecule has 6 heteroatoms. The summed E-state index contributed by atoms with van der Waals surface area (Å²) in [5.41, 5.74) is 3.25. The number of pyridine rings is 1. The minimum atomic E-state index is 0.659. The second kappa shape index (κ2) is 10.4. The lowest BCUT2D eigenvalue weighted by atomic mass is 10.1. The molecule has 0 aliphatic rings. The van der Waals surface area contributed by atoms with Crippen LogP contribution in [0.25, 0.3) is 11.3 Å². The predicted molar refractivity (Wildman–Crippen MR) is 116 cm³/mol. The molecule has 0 aliphatic heterocycles. The third-order valence-electron chi connectivity index (χ3n) is 4.33. The van der Waals surface area contributed by atoms with Gasteiger partial charge in [-0.2, -0.15) is 4.98 Å². The van der Waals surface area contributed by atoms with Crippen LogP contribution in [0.5, 0.6) is 0 Å². The first-order valence-electron chi connectivity index (χ1n) is 9.66. The van der Waals surface area contributed by atoms with Gasteiger partial charge in [-0.15, -0.1) is 0 Å². The molecule has 0 unspecified atom stereocenters. The summed E-state index contributed by atoms with van der Waals surface area (Å²) in [6.45, 7) is 2.67. The molecule has 0 bridgehead atoms. The number of benzene rings is 1. The van der Waals surface area contributed by atoms with Gasteiger partial charge in [0.15, 0.2) is 0 Å². The normalized spacial score (nSPS) is 10.8. The van der Waals surface area contributed by atoms with Crippen molar-refractivity contribution in [2.45, 2.75) is 12.8 Å². The number of hydrogen-bond acceptors (Lipinski definition) is 6. The highest BCUT2D eigenvalue weighted by atomic mass is 15.1. The van der Waals surface area contributed by atoms with Crippen molar-refractivity contribution < 1.29 is 0 Å². The van der Waals surface area contributed by atoms with Crippen LogP contribution in [0.1, 0.15) is 12.0 Å². The van der Waals surface area contributed by atoms with Crippen molar-refractivity contribution in [3.63, 3.8) is 0 Å². The van der Waals surface area contributed by atoms with E-state index < -0.39 is 0 Å². The molecule has 0 atom stereocenters. The lowest BCUT2D eigenvalue weighted by molar-refractivity contribution is 0.405. The van der Waals surface area contributed by atoms with Crippen LogP contribution in [-0.2, 0) is 6.42 Å². The summed E-state index contributed by atoms with van der Waals surface area (Å²) < 4.78 is 0. The van der Waals surface area contributed by atoms with E-state index in [1.54, 1.807) is 0 Å².